The van der Waals surface area contributed by atoms with Crippen molar-refractivity contribution in [3.8, 4) is 0 Å². The molecule has 0 radical (unpaired) electrons. The van der Waals surface area contributed by atoms with Gasteiger partial charge in [0.2, 0.25) is 15.8 Å². The molecule has 1 aliphatic heterocycles. The summed E-state index contributed by atoms with van der Waals surface area (Å²) in [6.07, 6.45) is 0.770. The summed E-state index contributed by atoms with van der Waals surface area (Å²) in [6.45, 7) is 4.69. The SMILES string of the molecule is CCOC(=O)c1c(C)[nH]c(C(=O)COC(=O)C2CCCN2S(=O)(=O)c2ccc(Cl)cc2)c1C. The van der Waals surface area contributed by atoms with E-state index in [9.17, 15) is 22.8 Å². The van der Waals surface area contributed by atoms with Gasteiger partial charge in [0, 0.05) is 17.3 Å². The topological polar surface area (TPSA) is 123 Å². The van der Waals surface area contributed by atoms with E-state index < -0.39 is 40.4 Å². The van der Waals surface area contributed by atoms with Crippen LogP contribution >= 0.6 is 11.6 Å². The van der Waals surface area contributed by atoms with Gasteiger partial charge in [-0.1, -0.05) is 11.6 Å². The van der Waals surface area contributed by atoms with E-state index in [0.717, 1.165) is 4.31 Å². The van der Waals surface area contributed by atoms with E-state index >= 15 is 0 Å². The highest BCUT2D eigenvalue weighted by Crippen LogP contribution is 2.28. The number of carbonyl (C=O) groups is 3. The standard InChI is InChI=1S/C22H25ClN2O7S/c1-4-31-22(28)19-13(2)20(24-14(19)3)18(26)12-32-21(27)17-6-5-11-25(17)33(29,30)16-9-7-15(23)8-10-16/h7-10,17,24H,4-6,11-12H2,1-3H3. The molecule has 3 rings (SSSR count). The van der Waals surface area contributed by atoms with Crippen molar-refractivity contribution in [1.29, 1.82) is 0 Å². The van der Waals surface area contributed by atoms with Crippen LogP contribution in [0.2, 0.25) is 5.02 Å². The number of hydrogen-bond acceptors (Lipinski definition) is 7. The Morgan fingerprint density at radius 3 is 2.45 bits per heavy atom. The van der Waals surface area contributed by atoms with Crippen molar-refractivity contribution in [3.63, 3.8) is 0 Å². The molecule has 9 nitrogen and oxygen atoms in total. The van der Waals surface area contributed by atoms with E-state index in [2.05, 4.69) is 4.98 Å². The van der Waals surface area contributed by atoms with E-state index in [4.69, 9.17) is 21.1 Å². The fraction of sp³-hybridized carbons (Fsp3) is 0.409. The largest absolute Gasteiger partial charge is 0.462 e. The van der Waals surface area contributed by atoms with Crippen molar-refractivity contribution in [2.75, 3.05) is 19.8 Å². The number of ketones is 1. The van der Waals surface area contributed by atoms with Gasteiger partial charge in [-0.05, 0) is 63.4 Å². The zero-order valence-electron chi connectivity index (χ0n) is 18.5. The normalized spacial score (nSPS) is 16.5. The number of sulfonamides is 1. The molecule has 33 heavy (non-hydrogen) atoms. The van der Waals surface area contributed by atoms with Crippen LogP contribution in [-0.2, 0) is 24.3 Å². The summed E-state index contributed by atoms with van der Waals surface area (Å²) < 4.78 is 37.2. The summed E-state index contributed by atoms with van der Waals surface area (Å²) >= 11 is 5.83. The van der Waals surface area contributed by atoms with E-state index in [0.29, 0.717) is 22.7 Å². The van der Waals surface area contributed by atoms with Crippen molar-refractivity contribution in [1.82, 2.24) is 9.29 Å². The minimum Gasteiger partial charge on any atom is -0.462 e. The summed E-state index contributed by atoms with van der Waals surface area (Å²) in [5, 5.41) is 0.394. The maximum Gasteiger partial charge on any atom is 0.340 e. The summed E-state index contributed by atoms with van der Waals surface area (Å²) in [7, 11) is -3.93. The zero-order valence-corrected chi connectivity index (χ0v) is 20.1. The number of ether oxygens (including phenoxy) is 2. The van der Waals surface area contributed by atoms with Crippen molar-refractivity contribution in [2.24, 2.45) is 0 Å². The number of benzene rings is 1. The molecule has 0 bridgehead atoms. The van der Waals surface area contributed by atoms with Gasteiger partial charge in [0.05, 0.1) is 22.8 Å². The lowest BCUT2D eigenvalue weighted by Gasteiger charge is -2.22. The predicted octanol–water partition coefficient (Wildman–Crippen LogP) is 3.04. The minimum atomic E-state index is -3.93. The van der Waals surface area contributed by atoms with Crippen LogP contribution in [0.15, 0.2) is 29.2 Å². The number of halogens is 1. The molecule has 11 heteroatoms. The van der Waals surface area contributed by atoms with Crippen LogP contribution in [-0.4, -0.2) is 61.2 Å². The lowest BCUT2D eigenvalue weighted by molar-refractivity contribution is -0.146. The number of aryl methyl sites for hydroxylation is 1. The van der Waals surface area contributed by atoms with Crippen molar-refractivity contribution < 1.29 is 32.3 Å². The number of H-pyrrole nitrogens is 1. The van der Waals surface area contributed by atoms with Gasteiger partial charge in [0.25, 0.3) is 0 Å². The fourth-order valence-electron chi connectivity index (χ4n) is 3.85. The molecule has 1 unspecified atom stereocenters. The number of hydrogen-bond donors (Lipinski definition) is 1. The maximum absolute atomic E-state index is 13.0. The Bertz CT molecular complexity index is 1170. The molecule has 178 valence electrons. The van der Waals surface area contributed by atoms with Crippen LogP contribution in [0.5, 0.6) is 0 Å². The van der Waals surface area contributed by atoms with Crippen LogP contribution < -0.4 is 0 Å². The van der Waals surface area contributed by atoms with Crippen LogP contribution in [0.4, 0.5) is 0 Å². The van der Waals surface area contributed by atoms with Gasteiger partial charge in [-0.25, -0.2) is 13.2 Å². The summed E-state index contributed by atoms with van der Waals surface area (Å²) in [4.78, 5) is 40.3. The molecular formula is C22H25ClN2O7S. The van der Waals surface area contributed by atoms with Crippen LogP contribution in [0, 0.1) is 13.8 Å². The molecule has 1 aromatic carbocycles. The monoisotopic (exact) mass is 496 g/mol. The minimum absolute atomic E-state index is 0.0201. The van der Waals surface area contributed by atoms with Gasteiger partial charge >= 0.3 is 11.9 Å². The maximum atomic E-state index is 13.0. The van der Waals surface area contributed by atoms with Gasteiger partial charge in [0.1, 0.15) is 6.04 Å². The Morgan fingerprint density at radius 2 is 1.82 bits per heavy atom. The van der Waals surface area contributed by atoms with Gasteiger partial charge in [-0.3, -0.25) is 9.59 Å². The summed E-state index contributed by atoms with van der Waals surface area (Å²) in [5.74, 6) is -1.89. The zero-order chi connectivity index (χ0) is 24.3. The highest BCUT2D eigenvalue weighted by atomic mass is 35.5. The van der Waals surface area contributed by atoms with E-state index in [-0.39, 0.29) is 35.7 Å². The van der Waals surface area contributed by atoms with Crippen molar-refractivity contribution in [3.05, 3.63) is 51.8 Å². The molecule has 2 heterocycles. The van der Waals surface area contributed by atoms with E-state index in [1.807, 2.05) is 0 Å². The highest BCUT2D eigenvalue weighted by molar-refractivity contribution is 7.89. The Hall–Kier alpha value is -2.69. The first-order valence-corrected chi connectivity index (χ1v) is 12.2. The van der Waals surface area contributed by atoms with Crippen LogP contribution in [0.25, 0.3) is 0 Å². The van der Waals surface area contributed by atoms with Crippen molar-refractivity contribution >= 4 is 39.3 Å². The number of aromatic amines is 1. The molecule has 1 aliphatic rings. The van der Waals surface area contributed by atoms with Gasteiger partial charge in [-0.15, -0.1) is 0 Å². The second-order valence-electron chi connectivity index (χ2n) is 7.60. The van der Waals surface area contributed by atoms with Crippen LogP contribution in [0.1, 0.15) is 51.9 Å². The van der Waals surface area contributed by atoms with Gasteiger partial charge in [-0.2, -0.15) is 4.31 Å². The van der Waals surface area contributed by atoms with Crippen molar-refractivity contribution in [2.45, 2.75) is 44.6 Å². The Labute approximate surface area is 197 Å². The molecule has 1 fully saturated rings. The second kappa shape index (κ2) is 10.1. The average Bonchev–Trinajstić information content (AvgIpc) is 3.37. The smallest absolute Gasteiger partial charge is 0.340 e. The first-order valence-electron chi connectivity index (χ1n) is 10.4. The number of carbonyl (C=O) groups excluding carboxylic acids is 3. The molecular weight excluding hydrogens is 472 g/mol. The highest BCUT2D eigenvalue weighted by Gasteiger charge is 2.40. The third kappa shape index (κ3) is 5.13. The Morgan fingerprint density at radius 1 is 1.15 bits per heavy atom. The van der Waals surface area contributed by atoms with Gasteiger partial charge < -0.3 is 14.5 Å². The van der Waals surface area contributed by atoms with E-state index in [1.54, 1.807) is 20.8 Å². The third-order valence-corrected chi connectivity index (χ3v) is 7.61. The molecule has 0 spiro atoms. The van der Waals surface area contributed by atoms with Gasteiger partial charge in [0.15, 0.2) is 6.61 Å². The molecule has 2 aromatic rings. The number of Topliss-reactive ketones (excluding diaryl/α,β-unsaturated/α-hetero) is 1. The summed E-state index contributed by atoms with van der Waals surface area (Å²) in [5.41, 5.74) is 1.28. The molecule has 0 saturated carbocycles. The Balaban J connectivity index is 1.70. The quantitative estimate of drug-likeness (QED) is 0.440. The predicted molar refractivity (Wildman–Crippen MR) is 120 cm³/mol. The number of esters is 2. The molecule has 1 N–H and O–H groups in total. The number of rotatable bonds is 8. The van der Waals surface area contributed by atoms with Crippen LogP contribution in [0.3, 0.4) is 0 Å². The third-order valence-electron chi connectivity index (χ3n) is 5.44. The molecule has 1 atom stereocenters. The average molecular weight is 497 g/mol. The Kier molecular flexibility index (Phi) is 7.61. The molecule has 1 aromatic heterocycles. The molecule has 1 saturated heterocycles. The molecule has 0 aliphatic carbocycles. The second-order valence-corrected chi connectivity index (χ2v) is 9.93. The fourth-order valence-corrected chi connectivity index (χ4v) is 5.62. The van der Waals surface area contributed by atoms with E-state index in [1.165, 1.54) is 24.3 Å². The first kappa shape index (κ1) is 24.9. The lowest BCUT2D eigenvalue weighted by Crippen LogP contribution is -2.41. The lowest BCUT2D eigenvalue weighted by atomic mass is 10.1. The number of aromatic nitrogens is 1. The number of nitrogens with one attached hydrogen (secondary N) is 1. The summed E-state index contributed by atoms with van der Waals surface area (Å²) in [6, 6.07) is 4.64. The molecule has 0 amide bonds. The first-order chi connectivity index (χ1) is 15.6. The number of nitrogens with zero attached hydrogens (tertiary/aromatic N) is 1.